The van der Waals surface area contributed by atoms with Gasteiger partial charge in [-0.3, -0.25) is 4.72 Å². The van der Waals surface area contributed by atoms with E-state index in [0.717, 1.165) is 3.57 Å². The second kappa shape index (κ2) is 5.70. The molecule has 0 unspecified atom stereocenters. The van der Waals surface area contributed by atoms with E-state index in [0.29, 0.717) is 10.2 Å². The van der Waals surface area contributed by atoms with Crippen LogP contribution in [0, 0.1) is 3.57 Å². The molecule has 0 aromatic heterocycles. The Labute approximate surface area is 116 Å². The molecule has 0 bridgehead atoms. The van der Waals surface area contributed by atoms with E-state index < -0.39 is 10.0 Å². The molecule has 3 nitrogen and oxygen atoms in total. The predicted octanol–water partition coefficient (Wildman–Crippen LogP) is 3.03. The van der Waals surface area contributed by atoms with Crippen molar-refractivity contribution in [3.63, 3.8) is 0 Å². The Bertz CT molecular complexity index is 452. The number of hydrogen-bond acceptors (Lipinski definition) is 2. The molecule has 7 heteroatoms. The summed E-state index contributed by atoms with van der Waals surface area (Å²) in [7, 11) is -3.34. The van der Waals surface area contributed by atoms with Crippen LogP contribution in [0.5, 0.6) is 0 Å². The molecule has 0 aliphatic carbocycles. The predicted molar refractivity (Wildman–Crippen MR) is 75.0 cm³/mol. The van der Waals surface area contributed by atoms with Gasteiger partial charge in [0.15, 0.2) is 0 Å². The van der Waals surface area contributed by atoms with Gasteiger partial charge in [-0.05, 0) is 56.7 Å². The normalized spacial score (nSPS) is 11.4. The van der Waals surface area contributed by atoms with Crippen molar-refractivity contribution < 1.29 is 8.42 Å². The molecule has 0 saturated heterocycles. The average Bonchev–Trinajstić information content (AvgIpc) is 2.10. The van der Waals surface area contributed by atoms with Gasteiger partial charge >= 0.3 is 0 Å². The summed E-state index contributed by atoms with van der Waals surface area (Å²) in [6, 6.07) is 5.42. The Kier molecular flexibility index (Phi) is 5.14. The van der Waals surface area contributed by atoms with Crippen molar-refractivity contribution in [2.75, 3.05) is 16.4 Å². The Morgan fingerprint density at radius 1 is 1.47 bits per heavy atom. The summed E-state index contributed by atoms with van der Waals surface area (Å²) in [5.74, 6) is -0.0106. The summed E-state index contributed by atoms with van der Waals surface area (Å²) in [6.07, 6.45) is 0. The summed E-state index contributed by atoms with van der Waals surface area (Å²) in [5.41, 5.74) is 0.534. The zero-order chi connectivity index (χ0) is 11.5. The van der Waals surface area contributed by atoms with E-state index >= 15 is 0 Å². The molecule has 0 fully saturated rings. The molecule has 84 valence electrons. The summed E-state index contributed by atoms with van der Waals surface area (Å²) >= 11 is 10.8. The molecule has 0 saturated carbocycles. The van der Waals surface area contributed by atoms with E-state index in [1.165, 1.54) is 0 Å². The Morgan fingerprint density at radius 2 is 2.13 bits per heavy atom. The van der Waals surface area contributed by atoms with Gasteiger partial charge in [-0.1, -0.05) is 0 Å². The van der Waals surface area contributed by atoms with Crippen LogP contribution in [0.4, 0.5) is 5.69 Å². The average molecular weight is 424 g/mol. The highest BCUT2D eigenvalue weighted by atomic mass is 127. The molecule has 0 amide bonds. The number of alkyl halides is 1. The minimum atomic E-state index is -3.34. The minimum Gasteiger partial charge on any atom is -0.282 e. The van der Waals surface area contributed by atoms with Gasteiger partial charge in [-0.2, -0.15) is 0 Å². The van der Waals surface area contributed by atoms with Gasteiger partial charge in [0, 0.05) is 13.9 Å². The molecule has 1 aromatic rings. The van der Waals surface area contributed by atoms with Crippen molar-refractivity contribution in [3.05, 3.63) is 26.2 Å². The van der Waals surface area contributed by atoms with E-state index in [4.69, 9.17) is 11.6 Å². The highest BCUT2D eigenvalue weighted by molar-refractivity contribution is 14.1. The van der Waals surface area contributed by atoms with Crippen molar-refractivity contribution in [2.24, 2.45) is 0 Å². The van der Waals surface area contributed by atoms with Gasteiger partial charge in [0.2, 0.25) is 10.0 Å². The third kappa shape index (κ3) is 4.46. The number of halogens is 3. The van der Waals surface area contributed by atoms with Crippen LogP contribution >= 0.6 is 50.1 Å². The first kappa shape index (κ1) is 13.5. The van der Waals surface area contributed by atoms with E-state index in [-0.39, 0.29) is 11.6 Å². The topological polar surface area (TPSA) is 46.2 Å². The number of sulfonamides is 1. The molecular formula is C8H8BrClINO2S. The lowest BCUT2D eigenvalue weighted by Gasteiger charge is -2.08. The van der Waals surface area contributed by atoms with Gasteiger partial charge in [0.1, 0.15) is 0 Å². The third-order valence-corrected chi connectivity index (χ3v) is 4.59. The second-order valence-corrected chi connectivity index (χ2v) is 7.05. The lowest BCUT2D eigenvalue weighted by Crippen LogP contribution is -2.17. The number of benzene rings is 1. The summed E-state index contributed by atoms with van der Waals surface area (Å²) in [4.78, 5) is 0. The fraction of sp³-hybridized carbons (Fsp3) is 0.250. The van der Waals surface area contributed by atoms with Gasteiger partial charge in [0.05, 0.1) is 11.4 Å². The van der Waals surface area contributed by atoms with Gasteiger partial charge in [-0.25, -0.2) is 8.42 Å². The maximum absolute atomic E-state index is 11.4. The van der Waals surface area contributed by atoms with E-state index in [1.807, 2.05) is 6.07 Å². The minimum absolute atomic E-state index is 0.0802. The molecule has 0 atom stereocenters. The van der Waals surface area contributed by atoms with E-state index in [9.17, 15) is 8.42 Å². The first-order chi connectivity index (χ1) is 6.94. The number of hydrogen-bond donors (Lipinski definition) is 1. The zero-order valence-corrected chi connectivity index (χ0v) is 12.8. The molecule has 1 rings (SSSR count). The molecule has 0 aliphatic heterocycles. The highest BCUT2D eigenvalue weighted by Gasteiger charge is 2.11. The fourth-order valence-corrected chi connectivity index (χ4v) is 3.28. The van der Waals surface area contributed by atoms with Crippen LogP contribution in [0.3, 0.4) is 0 Å². The molecule has 0 spiro atoms. The first-order valence-corrected chi connectivity index (χ1v) is 8.02. The molecule has 1 N–H and O–H groups in total. The largest absolute Gasteiger partial charge is 0.282 e. The van der Waals surface area contributed by atoms with Crippen molar-refractivity contribution in [1.82, 2.24) is 0 Å². The van der Waals surface area contributed by atoms with Crippen LogP contribution in [-0.4, -0.2) is 20.1 Å². The molecule has 15 heavy (non-hydrogen) atoms. The standard InChI is InChI=1S/C8H8BrClINO2S/c9-7-2-1-6(11)5-8(7)12-15(13,14)4-3-10/h1-2,5,12H,3-4H2. The Hall–Kier alpha value is 0.470. The third-order valence-electron chi connectivity index (χ3n) is 1.54. The summed E-state index contributed by atoms with van der Waals surface area (Å²) < 4.78 is 27.0. The summed E-state index contributed by atoms with van der Waals surface area (Å²) in [6.45, 7) is 0. The van der Waals surface area contributed by atoms with Crippen molar-refractivity contribution in [1.29, 1.82) is 0 Å². The quantitative estimate of drug-likeness (QED) is 0.597. The maximum Gasteiger partial charge on any atom is 0.233 e. The Balaban J connectivity index is 2.94. The Morgan fingerprint density at radius 3 is 2.73 bits per heavy atom. The zero-order valence-electron chi connectivity index (χ0n) is 7.50. The van der Waals surface area contributed by atoms with Crippen molar-refractivity contribution in [2.45, 2.75) is 0 Å². The van der Waals surface area contributed by atoms with Crippen LogP contribution in [0.15, 0.2) is 22.7 Å². The van der Waals surface area contributed by atoms with E-state index in [2.05, 4.69) is 43.2 Å². The number of nitrogens with one attached hydrogen (secondary N) is 1. The van der Waals surface area contributed by atoms with Crippen molar-refractivity contribution in [3.8, 4) is 0 Å². The maximum atomic E-state index is 11.4. The van der Waals surface area contributed by atoms with Crippen LogP contribution in [0.25, 0.3) is 0 Å². The SMILES string of the molecule is O=S(=O)(CCCl)Nc1cc(I)ccc1Br. The van der Waals surface area contributed by atoms with Gasteiger partial charge in [0.25, 0.3) is 0 Å². The van der Waals surface area contributed by atoms with Crippen LogP contribution in [-0.2, 0) is 10.0 Å². The highest BCUT2D eigenvalue weighted by Crippen LogP contribution is 2.25. The number of rotatable bonds is 4. The lowest BCUT2D eigenvalue weighted by molar-refractivity contribution is 0.602. The van der Waals surface area contributed by atoms with Crippen LogP contribution in [0.1, 0.15) is 0 Å². The first-order valence-electron chi connectivity index (χ1n) is 3.96. The van der Waals surface area contributed by atoms with Crippen LogP contribution in [0.2, 0.25) is 0 Å². The molecule has 0 heterocycles. The molecule has 1 aromatic carbocycles. The monoisotopic (exact) mass is 423 g/mol. The van der Waals surface area contributed by atoms with Gasteiger partial charge < -0.3 is 0 Å². The second-order valence-electron chi connectivity index (χ2n) is 2.73. The summed E-state index contributed by atoms with van der Waals surface area (Å²) in [5, 5.41) is 0. The van der Waals surface area contributed by atoms with Crippen LogP contribution < -0.4 is 4.72 Å². The smallest absolute Gasteiger partial charge is 0.233 e. The van der Waals surface area contributed by atoms with E-state index in [1.54, 1.807) is 12.1 Å². The lowest BCUT2D eigenvalue weighted by atomic mass is 10.3. The molecular weight excluding hydrogens is 416 g/mol. The van der Waals surface area contributed by atoms with Crippen molar-refractivity contribution >= 4 is 65.8 Å². The molecule has 0 radical (unpaired) electrons. The fourth-order valence-electron chi connectivity index (χ4n) is 0.896. The number of anilines is 1. The van der Waals surface area contributed by atoms with Gasteiger partial charge in [-0.15, -0.1) is 11.6 Å². The molecule has 0 aliphatic rings.